The van der Waals surface area contributed by atoms with Crippen LogP contribution in [0.4, 0.5) is 0 Å². The number of hydrogen-bond acceptors (Lipinski definition) is 3. The zero-order chi connectivity index (χ0) is 9.68. The second-order valence-electron chi connectivity index (χ2n) is 4.04. The van der Waals surface area contributed by atoms with Crippen molar-refractivity contribution in [3.8, 4) is 0 Å². The number of ether oxygens (including phenoxy) is 1. The van der Waals surface area contributed by atoms with Crippen LogP contribution in [-0.4, -0.2) is 50.8 Å². The van der Waals surface area contributed by atoms with Gasteiger partial charge in [0.2, 0.25) is 0 Å². The molecule has 3 nitrogen and oxygen atoms in total. The van der Waals surface area contributed by atoms with Crippen molar-refractivity contribution in [1.29, 1.82) is 0 Å². The Bertz CT molecular complexity index is 139. The Balaban J connectivity index is 2.37. The maximum Gasteiger partial charge on any atom is 0.0589 e. The molecule has 1 aliphatic heterocycles. The summed E-state index contributed by atoms with van der Waals surface area (Å²) in [6, 6.07) is 0.684. The zero-order valence-corrected chi connectivity index (χ0v) is 9.05. The van der Waals surface area contributed by atoms with Gasteiger partial charge in [-0.15, -0.1) is 0 Å². The lowest BCUT2D eigenvalue weighted by Gasteiger charge is -2.38. The van der Waals surface area contributed by atoms with Crippen LogP contribution < -0.4 is 5.32 Å². The SMILES string of the molecule is COCCN1CCNCC1C(C)C. The molecule has 3 heteroatoms. The second-order valence-corrected chi connectivity index (χ2v) is 4.04. The van der Waals surface area contributed by atoms with Crippen LogP contribution in [0.1, 0.15) is 13.8 Å². The average Bonchev–Trinajstić information content (AvgIpc) is 2.15. The van der Waals surface area contributed by atoms with E-state index in [1.165, 1.54) is 0 Å². The molecule has 1 saturated heterocycles. The van der Waals surface area contributed by atoms with Crippen molar-refractivity contribution in [2.75, 3.05) is 39.9 Å². The third-order valence-corrected chi connectivity index (χ3v) is 2.75. The van der Waals surface area contributed by atoms with Gasteiger partial charge in [0.05, 0.1) is 6.61 Å². The van der Waals surface area contributed by atoms with Crippen LogP contribution in [0.15, 0.2) is 0 Å². The fraction of sp³-hybridized carbons (Fsp3) is 1.00. The van der Waals surface area contributed by atoms with Gasteiger partial charge in [-0.2, -0.15) is 0 Å². The molecule has 1 heterocycles. The minimum Gasteiger partial charge on any atom is -0.383 e. The molecule has 0 bridgehead atoms. The zero-order valence-electron chi connectivity index (χ0n) is 9.05. The van der Waals surface area contributed by atoms with E-state index in [-0.39, 0.29) is 0 Å². The molecule has 1 aliphatic rings. The predicted octanol–water partition coefficient (Wildman–Crippen LogP) is 0.563. The number of nitrogens with one attached hydrogen (secondary N) is 1. The Morgan fingerprint density at radius 3 is 2.92 bits per heavy atom. The van der Waals surface area contributed by atoms with Crippen molar-refractivity contribution in [1.82, 2.24) is 10.2 Å². The highest BCUT2D eigenvalue weighted by molar-refractivity contribution is 4.81. The molecule has 13 heavy (non-hydrogen) atoms. The number of piperazine rings is 1. The van der Waals surface area contributed by atoms with E-state index in [2.05, 4.69) is 24.1 Å². The normalized spacial score (nSPS) is 25.4. The maximum atomic E-state index is 5.11. The van der Waals surface area contributed by atoms with Crippen LogP contribution in [0.25, 0.3) is 0 Å². The first-order chi connectivity index (χ1) is 6.25. The summed E-state index contributed by atoms with van der Waals surface area (Å²) in [5, 5.41) is 3.44. The standard InChI is InChI=1S/C10H22N2O/c1-9(2)10-8-11-4-5-12(10)6-7-13-3/h9-11H,4-8H2,1-3H3. The summed E-state index contributed by atoms with van der Waals surface area (Å²) < 4.78 is 5.11. The van der Waals surface area contributed by atoms with Crippen molar-refractivity contribution in [2.24, 2.45) is 5.92 Å². The molecular weight excluding hydrogens is 164 g/mol. The van der Waals surface area contributed by atoms with Crippen LogP contribution in [0.3, 0.4) is 0 Å². The smallest absolute Gasteiger partial charge is 0.0589 e. The van der Waals surface area contributed by atoms with Crippen molar-refractivity contribution >= 4 is 0 Å². The van der Waals surface area contributed by atoms with E-state index in [4.69, 9.17) is 4.74 Å². The molecule has 0 aromatic carbocycles. The Kier molecular flexibility index (Phi) is 4.70. The monoisotopic (exact) mass is 186 g/mol. The minimum atomic E-state index is 0.684. The number of hydrogen-bond donors (Lipinski definition) is 1. The number of rotatable bonds is 4. The molecule has 78 valence electrons. The molecule has 1 N–H and O–H groups in total. The summed E-state index contributed by atoms with van der Waals surface area (Å²) in [4.78, 5) is 2.53. The summed E-state index contributed by atoms with van der Waals surface area (Å²) in [5.74, 6) is 0.727. The van der Waals surface area contributed by atoms with Crippen molar-refractivity contribution in [2.45, 2.75) is 19.9 Å². The minimum absolute atomic E-state index is 0.684. The van der Waals surface area contributed by atoms with Crippen molar-refractivity contribution < 1.29 is 4.74 Å². The topological polar surface area (TPSA) is 24.5 Å². The Labute approximate surface area is 81.4 Å². The van der Waals surface area contributed by atoms with Gasteiger partial charge in [-0.25, -0.2) is 0 Å². The highest BCUT2D eigenvalue weighted by Crippen LogP contribution is 2.11. The highest BCUT2D eigenvalue weighted by atomic mass is 16.5. The molecule has 1 atom stereocenters. The number of nitrogens with zero attached hydrogens (tertiary/aromatic N) is 1. The maximum absolute atomic E-state index is 5.11. The van der Waals surface area contributed by atoms with Gasteiger partial charge in [0.15, 0.2) is 0 Å². The molecule has 0 aromatic heterocycles. The molecule has 0 saturated carbocycles. The molecule has 0 radical (unpaired) electrons. The van der Waals surface area contributed by atoms with E-state index in [0.29, 0.717) is 6.04 Å². The van der Waals surface area contributed by atoms with Crippen molar-refractivity contribution in [3.63, 3.8) is 0 Å². The molecule has 0 spiro atoms. The lowest BCUT2D eigenvalue weighted by molar-refractivity contribution is 0.0833. The first-order valence-corrected chi connectivity index (χ1v) is 5.19. The first kappa shape index (κ1) is 11.0. The van der Waals surface area contributed by atoms with E-state index in [1.807, 2.05) is 0 Å². The fourth-order valence-corrected chi connectivity index (χ4v) is 1.91. The molecule has 0 aromatic rings. The van der Waals surface area contributed by atoms with E-state index in [1.54, 1.807) is 7.11 Å². The van der Waals surface area contributed by atoms with Gasteiger partial charge in [0.25, 0.3) is 0 Å². The van der Waals surface area contributed by atoms with Crippen LogP contribution >= 0.6 is 0 Å². The summed E-state index contributed by atoms with van der Waals surface area (Å²) in [6.45, 7) is 9.90. The molecule has 1 unspecified atom stereocenters. The van der Waals surface area contributed by atoms with Crippen LogP contribution in [0, 0.1) is 5.92 Å². The first-order valence-electron chi connectivity index (χ1n) is 5.19. The number of methoxy groups -OCH3 is 1. The lowest BCUT2D eigenvalue weighted by atomic mass is 10.0. The molecule has 0 aliphatic carbocycles. The van der Waals surface area contributed by atoms with Gasteiger partial charge >= 0.3 is 0 Å². The van der Waals surface area contributed by atoms with E-state index in [9.17, 15) is 0 Å². The predicted molar refractivity (Wildman–Crippen MR) is 54.9 cm³/mol. The van der Waals surface area contributed by atoms with Gasteiger partial charge in [-0.1, -0.05) is 13.8 Å². The van der Waals surface area contributed by atoms with Gasteiger partial charge in [0.1, 0.15) is 0 Å². The Hall–Kier alpha value is -0.120. The van der Waals surface area contributed by atoms with Crippen LogP contribution in [0.2, 0.25) is 0 Å². The van der Waals surface area contributed by atoms with E-state index in [0.717, 1.165) is 38.7 Å². The molecule has 1 rings (SSSR count). The molecule has 1 fully saturated rings. The highest BCUT2D eigenvalue weighted by Gasteiger charge is 2.23. The van der Waals surface area contributed by atoms with Gasteiger partial charge in [-0.05, 0) is 5.92 Å². The lowest BCUT2D eigenvalue weighted by Crippen LogP contribution is -2.54. The Morgan fingerprint density at radius 2 is 2.31 bits per heavy atom. The second kappa shape index (κ2) is 5.58. The largest absolute Gasteiger partial charge is 0.383 e. The quantitative estimate of drug-likeness (QED) is 0.694. The third kappa shape index (κ3) is 3.25. The Morgan fingerprint density at radius 1 is 1.54 bits per heavy atom. The van der Waals surface area contributed by atoms with Crippen LogP contribution in [-0.2, 0) is 4.74 Å². The summed E-state index contributed by atoms with van der Waals surface area (Å²) in [7, 11) is 1.77. The molecular formula is C10H22N2O. The van der Waals surface area contributed by atoms with Gasteiger partial charge in [0, 0.05) is 39.3 Å². The summed E-state index contributed by atoms with van der Waals surface area (Å²) in [6.07, 6.45) is 0. The average molecular weight is 186 g/mol. The molecule has 0 amide bonds. The van der Waals surface area contributed by atoms with E-state index < -0.39 is 0 Å². The van der Waals surface area contributed by atoms with Crippen molar-refractivity contribution in [3.05, 3.63) is 0 Å². The fourth-order valence-electron chi connectivity index (χ4n) is 1.91. The van der Waals surface area contributed by atoms with E-state index >= 15 is 0 Å². The third-order valence-electron chi connectivity index (χ3n) is 2.75. The summed E-state index contributed by atoms with van der Waals surface area (Å²) in [5.41, 5.74) is 0. The summed E-state index contributed by atoms with van der Waals surface area (Å²) >= 11 is 0. The van der Waals surface area contributed by atoms with Gasteiger partial charge < -0.3 is 10.1 Å². The van der Waals surface area contributed by atoms with Crippen LogP contribution in [0.5, 0.6) is 0 Å². The van der Waals surface area contributed by atoms with Gasteiger partial charge in [-0.3, -0.25) is 4.90 Å².